The van der Waals surface area contributed by atoms with Crippen LogP contribution in [-0.4, -0.2) is 49.1 Å². The van der Waals surface area contributed by atoms with Crippen LogP contribution in [0, 0.1) is 0 Å². The van der Waals surface area contributed by atoms with Gasteiger partial charge in [0, 0.05) is 38.4 Å². The van der Waals surface area contributed by atoms with E-state index < -0.39 is 10.0 Å². The summed E-state index contributed by atoms with van der Waals surface area (Å²) in [4.78, 5) is 29.4. The molecule has 2 aromatic carbocycles. The number of amides is 2. The molecule has 0 bridgehead atoms. The Morgan fingerprint density at radius 3 is 2.53 bits per heavy atom. The Bertz CT molecular complexity index is 1230. The van der Waals surface area contributed by atoms with Crippen molar-refractivity contribution in [3.05, 3.63) is 65.4 Å². The molecule has 8 heteroatoms. The normalized spacial score (nSPS) is 17.5. The topological polar surface area (TPSA) is 78.0 Å². The van der Waals surface area contributed by atoms with E-state index in [9.17, 15) is 18.0 Å². The van der Waals surface area contributed by atoms with Gasteiger partial charge in [-0.3, -0.25) is 9.59 Å². The van der Waals surface area contributed by atoms with Gasteiger partial charge in [0.1, 0.15) is 0 Å². The van der Waals surface area contributed by atoms with Crippen molar-refractivity contribution in [1.29, 1.82) is 0 Å². The van der Waals surface area contributed by atoms with Crippen molar-refractivity contribution in [1.82, 2.24) is 9.21 Å². The minimum atomic E-state index is -3.57. The first-order valence-electron chi connectivity index (χ1n) is 11.8. The SMILES string of the molecule is CCN(CC)S(=O)(=O)c1ccc2c(c1)CCCN2C(=O)CC1c2ccccc2C=CN1C(C)=O. The van der Waals surface area contributed by atoms with Crippen LogP contribution >= 0.6 is 0 Å². The molecule has 0 spiro atoms. The zero-order valence-corrected chi connectivity index (χ0v) is 20.7. The fraction of sp³-hybridized carbons (Fsp3) is 0.385. The van der Waals surface area contributed by atoms with Crippen LogP contribution in [0.1, 0.15) is 56.3 Å². The van der Waals surface area contributed by atoms with Crippen molar-refractivity contribution < 1.29 is 18.0 Å². The van der Waals surface area contributed by atoms with Crippen molar-refractivity contribution in [3.63, 3.8) is 0 Å². The van der Waals surface area contributed by atoms with Crippen LogP contribution in [0.4, 0.5) is 5.69 Å². The van der Waals surface area contributed by atoms with E-state index in [2.05, 4.69) is 0 Å². The van der Waals surface area contributed by atoms with Crippen LogP contribution in [0.2, 0.25) is 0 Å². The van der Waals surface area contributed by atoms with Gasteiger partial charge in [0.05, 0.1) is 17.4 Å². The number of aryl methyl sites for hydroxylation is 1. The van der Waals surface area contributed by atoms with Gasteiger partial charge >= 0.3 is 0 Å². The highest BCUT2D eigenvalue weighted by Gasteiger charge is 2.32. The van der Waals surface area contributed by atoms with Gasteiger partial charge in [0.15, 0.2) is 0 Å². The Balaban J connectivity index is 1.63. The Hall–Kier alpha value is -2.97. The van der Waals surface area contributed by atoms with Gasteiger partial charge in [0.2, 0.25) is 21.8 Å². The monoisotopic (exact) mass is 481 g/mol. The second kappa shape index (κ2) is 9.72. The zero-order chi connectivity index (χ0) is 24.5. The number of sulfonamides is 1. The fourth-order valence-corrected chi connectivity index (χ4v) is 6.40. The average Bonchev–Trinajstić information content (AvgIpc) is 2.83. The summed E-state index contributed by atoms with van der Waals surface area (Å²) in [5, 5.41) is 0. The van der Waals surface area contributed by atoms with E-state index in [4.69, 9.17) is 0 Å². The number of benzene rings is 2. The van der Waals surface area contributed by atoms with Crippen molar-refractivity contribution >= 4 is 33.6 Å². The molecule has 0 fully saturated rings. The third kappa shape index (κ3) is 4.40. The molecule has 2 heterocycles. The van der Waals surface area contributed by atoms with Crippen LogP contribution in [0.25, 0.3) is 6.08 Å². The molecule has 0 saturated heterocycles. The molecule has 0 saturated carbocycles. The van der Waals surface area contributed by atoms with Gasteiger partial charge in [-0.2, -0.15) is 4.31 Å². The fourth-order valence-electron chi connectivity index (χ4n) is 4.89. The molecule has 2 aliphatic heterocycles. The molecule has 0 aliphatic carbocycles. The van der Waals surface area contributed by atoms with Gasteiger partial charge in [-0.05, 0) is 53.8 Å². The molecule has 4 rings (SSSR count). The standard InChI is InChI=1S/C26H31N3O4S/c1-4-27(5-2)34(32,33)22-12-13-24-21(17-22)10-8-15-29(24)26(31)18-25-23-11-7-6-9-20(23)14-16-28(25)19(3)30/h6-7,9,11-14,16-17,25H,4-5,8,10,15,18H2,1-3H3. The summed E-state index contributed by atoms with van der Waals surface area (Å²) in [7, 11) is -3.57. The van der Waals surface area contributed by atoms with E-state index >= 15 is 0 Å². The van der Waals surface area contributed by atoms with E-state index in [1.807, 2.05) is 44.2 Å². The van der Waals surface area contributed by atoms with Crippen molar-refractivity contribution in [2.75, 3.05) is 24.5 Å². The summed E-state index contributed by atoms with van der Waals surface area (Å²) in [6, 6.07) is 12.5. The Morgan fingerprint density at radius 1 is 1.09 bits per heavy atom. The highest BCUT2D eigenvalue weighted by atomic mass is 32.2. The van der Waals surface area contributed by atoms with Crippen LogP contribution in [0.15, 0.2) is 53.6 Å². The number of fused-ring (bicyclic) bond motifs is 2. The molecular formula is C26H31N3O4S. The van der Waals surface area contributed by atoms with Gasteiger partial charge in [-0.25, -0.2) is 8.42 Å². The summed E-state index contributed by atoms with van der Waals surface area (Å²) in [6.45, 7) is 6.53. The minimum Gasteiger partial charge on any atom is -0.312 e. The van der Waals surface area contributed by atoms with Crippen LogP contribution < -0.4 is 4.90 Å². The minimum absolute atomic E-state index is 0.0818. The largest absolute Gasteiger partial charge is 0.312 e. The lowest BCUT2D eigenvalue weighted by molar-refractivity contribution is -0.129. The van der Waals surface area contributed by atoms with Crippen LogP contribution in [-0.2, 0) is 26.0 Å². The highest BCUT2D eigenvalue weighted by molar-refractivity contribution is 7.89. The van der Waals surface area contributed by atoms with Gasteiger partial charge in [-0.1, -0.05) is 38.1 Å². The number of carbonyl (C=O) groups excluding carboxylic acids is 2. The van der Waals surface area contributed by atoms with Gasteiger partial charge in [-0.15, -0.1) is 0 Å². The highest BCUT2D eigenvalue weighted by Crippen LogP contribution is 2.36. The first-order chi connectivity index (χ1) is 16.3. The predicted molar refractivity (Wildman–Crippen MR) is 133 cm³/mol. The summed E-state index contributed by atoms with van der Waals surface area (Å²) in [5.74, 6) is -0.199. The predicted octanol–water partition coefficient (Wildman–Crippen LogP) is 3.96. The summed E-state index contributed by atoms with van der Waals surface area (Å²) >= 11 is 0. The second-order valence-electron chi connectivity index (χ2n) is 8.62. The molecule has 0 aromatic heterocycles. The lowest BCUT2D eigenvalue weighted by atomic mass is 9.92. The van der Waals surface area contributed by atoms with E-state index in [1.54, 1.807) is 34.2 Å². The van der Waals surface area contributed by atoms with Crippen molar-refractivity contribution in [2.45, 2.75) is 51.0 Å². The molecular weight excluding hydrogens is 450 g/mol. The summed E-state index contributed by atoms with van der Waals surface area (Å²) in [5.41, 5.74) is 3.57. The molecule has 34 heavy (non-hydrogen) atoms. The number of hydrogen-bond donors (Lipinski definition) is 0. The maximum absolute atomic E-state index is 13.5. The first kappa shape index (κ1) is 24.2. The lowest BCUT2D eigenvalue weighted by Crippen LogP contribution is -2.40. The Morgan fingerprint density at radius 2 is 1.82 bits per heavy atom. The third-order valence-corrected chi connectivity index (χ3v) is 8.70. The molecule has 0 radical (unpaired) electrons. The van der Waals surface area contributed by atoms with E-state index in [-0.39, 0.29) is 29.2 Å². The third-order valence-electron chi connectivity index (χ3n) is 6.65. The summed E-state index contributed by atoms with van der Waals surface area (Å²) < 4.78 is 27.4. The van der Waals surface area contributed by atoms with E-state index in [1.165, 1.54) is 11.2 Å². The van der Waals surface area contributed by atoms with E-state index in [0.29, 0.717) is 19.6 Å². The zero-order valence-electron chi connectivity index (χ0n) is 19.9. The molecule has 7 nitrogen and oxygen atoms in total. The molecule has 180 valence electrons. The van der Waals surface area contributed by atoms with Gasteiger partial charge < -0.3 is 9.80 Å². The van der Waals surface area contributed by atoms with Crippen molar-refractivity contribution in [3.8, 4) is 0 Å². The molecule has 0 N–H and O–H groups in total. The van der Waals surface area contributed by atoms with E-state index in [0.717, 1.165) is 35.2 Å². The number of carbonyl (C=O) groups is 2. The Kier molecular flexibility index (Phi) is 6.91. The Labute approximate surface area is 201 Å². The molecule has 1 atom stereocenters. The molecule has 2 aliphatic rings. The first-order valence-corrected chi connectivity index (χ1v) is 13.2. The number of rotatable bonds is 6. The number of anilines is 1. The molecule has 2 amide bonds. The average molecular weight is 482 g/mol. The number of hydrogen-bond acceptors (Lipinski definition) is 4. The number of nitrogens with zero attached hydrogens (tertiary/aromatic N) is 3. The van der Waals surface area contributed by atoms with Crippen molar-refractivity contribution in [2.24, 2.45) is 0 Å². The van der Waals surface area contributed by atoms with Crippen LogP contribution in [0.3, 0.4) is 0 Å². The lowest BCUT2D eigenvalue weighted by Gasteiger charge is -2.35. The quantitative estimate of drug-likeness (QED) is 0.626. The molecule has 1 unspecified atom stereocenters. The molecule has 2 aromatic rings. The summed E-state index contributed by atoms with van der Waals surface area (Å²) in [6.07, 6.45) is 5.27. The smallest absolute Gasteiger partial charge is 0.243 e. The van der Waals surface area contributed by atoms with Gasteiger partial charge in [0.25, 0.3) is 0 Å². The maximum atomic E-state index is 13.5. The van der Waals surface area contributed by atoms with Crippen LogP contribution in [0.5, 0.6) is 0 Å². The second-order valence-corrected chi connectivity index (χ2v) is 10.6. The maximum Gasteiger partial charge on any atom is 0.243 e.